The standard InChI is InChI=1S/C23H31N3O2/c1-4-28-22-11-9-21(10-12-22)24-23(27)19(3)26-15-13-25(14-16-26)17-20-8-6-5-7-18(20)2/h5-12,19H,4,13-17H2,1-3H3,(H,24,27). The molecule has 5 nitrogen and oxygen atoms in total. The number of ether oxygens (including phenoxy) is 1. The fourth-order valence-electron chi connectivity index (χ4n) is 3.55. The molecule has 0 aromatic heterocycles. The van der Waals surface area contributed by atoms with Gasteiger partial charge in [-0.25, -0.2) is 0 Å². The van der Waals surface area contributed by atoms with Crippen LogP contribution in [0.4, 0.5) is 5.69 Å². The number of carbonyl (C=O) groups excluding carboxylic acids is 1. The second kappa shape index (κ2) is 9.71. The first-order chi connectivity index (χ1) is 13.6. The Hall–Kier alpha value is -2.37. The highest BCUT2D eigenvalue weighted by molar-refractivity contribution is 5.94. The SMILES string of the molecule is CCOc1ccc(NC(=O)C(C)N2CCN(Cc3ccccc3C)CC2)cc1. The lowest BCUT2D eigenvalue weighted by Crippen LogP contribution is -2.52. The van der Waals surface area contributed by atoms with E-state index in [0.717, 1.165) is 44.2 Å². The van der Waals surface area contributed by atoms with Crippen molar-refractivity contribution in [3.05, 3.63) is 59.7 Å². The summed E-state index contributed by atoms with van der Waals surface area (Å²) in [5.74, 6) is 0.856. The molecule has 1 N–H and O–H groups in total. The third kappa shape index (κ3) is 5.33. The van der Waals surface area contributed by atoms with Crippen LogP contribution in [0.25, 0.3) is 0 Å². The molecule has 1 aliphatic heterocycles. The van der Waals surface area contributed by atoms with Crippen LogP contribution in [0, 0.1) is 6.92 Å². The molecule has 0 saturated carbocycles. The number of piperazine rings is 1. The van der Waals surface area contributed by atoms with E-state index in [1.165, 1.54) is 11.1 Å². The van der Waals surface area contributed by atoms with E-state index in [9.17, 15) is 4.79 Å². The van der Waals surface area contributed by atoms with E-state index in [-0.39, 0.29) is 11.9 Å². The molecule has 1 saturated heterocycles. The van der Waals surface area contributed by atoms with Crippen molar-refractivity contribution in [3.63, 3.8) is 0 Å². The zero-order valence-electron chi connectivity index (χ0n) is 17.1. The first kappa shape index (κ1) is 20.4. The number of amides is 1. The lowest BCUT2D eigenvalue weighted by molar-refractivity contribution is -0.121. The third-order valence-electron chi connectivity index (χ3n) is 5.42. The summed E-state index contributed by atoms with van der Waals surface area (Å²) >= 11 is 0. The molecule has 1 fully saturated rings. The summed E-state index contributed by atoms with van der Waals surface area (Å²) in [6.07, 6.45) is 0. The Balaban J connectivity index is 1.48. The largest absolute Gasteiger partial charge is 0.494 e. The Labute approximate surface area is 168 Å². The van der Waals surface area contributed by atoms with Crippen molar-refractivity contribution in [1.82, 2.24) is 9.80 Å². The molecule has 2 aromatic carbocycles. The number of hydrogen-bond donors (Lipinski definition) is 1. The van der Waals surface area contributed by atoms with Gasteiger partial charge in [0.2, 0.25) is 5.91 Å². The van der Waals surface area contributed by atoms with Crippen molar-refractivity contribution in [2.24, 2.45) is 0 Å². The maximum absolute atomic E-state index is 12.6. The molecule has 1 atom stereocenters. The van der Waals surface area contributed by atoms with Crippen molar-refractivity contribution in [3.8, 4) is 5.75 Å². The second-order valence-corrected chi connectivity index (χ2v) is 7.36. The summed E-state index contributed by atoms with van der Waals surface area (Å²) < 4.78 is 5.44. The average molecular weight is 382 g/mol. The van der Waals surface area contributed by atoms with Gasteiger partial charge in [-0.15, -0.1) is 0 Å². The number of hydrogen-bond acceptors (Lipinski definition) is 4. The predicted molar refractivity (Wildman–Crippen MR) is 114 cm³/mol. The lowest BCUT2D eigenvalue weighted by atomic mass is 10.1. The first-order valence-electron chi connectivity index (χ1n) is 10.1. The molecule has 1 amide bonds. The fourth-order valence-corrected chi connectivity index (χ4v) is 3.55. The highest BCUT2D eigenvalue weighted by Gasteiger charge is 2.25. The molecule has 0 spiro atoms. The number of anilines is 1. The number of rotatable bonds is 7. The summed E-state index contributed by atoms with van der Waals surface area (Å²) in [5.41, 5.74) is 3.53. The monoisotopic (exact) mass is 381 g/mol. The molecule has 28 heavy (non-hydrogen) atoms. The number of aryl methyl sites for hydroxylation is 1. The quantitative estimate of drug-likeness (QED) is 0.797. The Morgan fingerprint density at radius 1 is 1.07 bits per heavy atom. The Kier molecular flexibility index (Phi) is 7.06. The van der Waals surface area contributed by atoms with E-state index >= 15 is 0 Å². The smallest absolute Gasteiger partial charge is 0.241 e. The third-order valence-corrected chi connectivity index (χ3v) is 5.42. The normalized spacial score (nSPS) is 16.5. The van der Waals surface area contributed by atoms with Gasteiger partial charge < -0.3 is 10.1 Å². The van der Waals surface area contributed by atoms with Gasteiger partial charge in [-0.2, -0.15) is 0 Å². The van der Waals surface area contributed by atoms with E-state index in [1.807, 2.05) is 38.1 Å². The van der Waals surface area contributed by atoms with E-state index in [4.69, 9.17) is 4.74 Å². The molecular weight excluding hydrogens is 350 g/mol. The lowest BCUT2D eigenvalue weighted by Gasteiger charge is -2.37. The van der Waals surface area contributed by atoms with Crippen LogP contribution in [0.3, 0.4) is 0 Å². The number of nitrogens with zero attached hydrogens (tertiary/aromatic N) is 2. The van der Waals surface area contributed by atoms with Crippen LogP contribution in [0.1, 0.15) is 25.0 Å². The van der Waals surface area contributed by atoms with Crippen molar-refractivity contribution < 1.29 is 9.53 Å². The summed E-state index contributed by atoms with van der Waals surface area (Å²) in [5, 5.41) is 3.02. The number of carbonyl (C=O) groups is 1. The van der Waals surface area contributed by atoms with Crippen LogP contribution >= 0.6 is 0 Å². The minimum Gasteiger partial charge on any atom is -0.494 e. The fraction of sp³-hybridized carbons (Fsp3) is 0.435. The highest BCUT2D eigenvalue weighted by atomic mass is 16.5. The topological polar surface area (TPSA) is 44.8 Å². The highest BCUT2D eigenvalue weighted by Crippen LogP contribution is 2.17. The van der Waals surface area contributed by atoms with Crippen molar-refractivity contribution >= 4 is 11.6 Å². The maximum Gasteiger partial charge on any atom is 0.241 e. The molecular formula is C23H31N3O2. The molecule has 150 valence electrons. The van der Waals surface area contributed by atoms with Gasteiger partial charge in [-0.05, 0) is 56.2 Å². The van der Waals surface area contributed by atoms with Gasteiger partial charge in [0.05, 0.1) is 12.6 Å². The zero-order chi connectivity index (χ0) is 19.9. The van der Waals surface area contributed by atoms with Crippen LogP contribution in [0.15, 0.2) is 48.5 Å². The minimum absolute atomic E-state index is 0.0384. The summed E-state index contributed by atoms with van der Waals surface area (Å²) in [6.45, 7) is 11.5. The van der Waals surface area contributed by atoms with Crippen LogP contribution in [-0.4, -0.2) is 54.5 Å². The molecule has 1 unspecified atom stereocenters. The number of nitrogens with one attached hydrogen (secondary N) is 1. The van der Waals surface area contributed by atoms with Gasteiger partial charge in [-0.1, -0.05) is 24.3 Å². The molecule has 3 rings (SSSR count). The molecule has 1 aliphatic rings. The van der Waals surface area contributed by atoms with E-state index in [0.29, 0.717) is 6.61 Å². The first-order valence-corrected chi connectivity index (χ1v) is 10.1. The Bertz CT molecular complexity index is 768. The van der Waals surface area contributed by atoms with Crippen LogP contribution < -0.4 is 10.1 Å². The molecule has 5 heteroatoms. The molecule has 2 aromatic rings. The van der Waals surface area contributed by atoms with Gasteiger partial charge in [0.1, 0.15) is 5.75 Å². The summed E-state index contributed by atoms with van der Waals surface area (Å²) in [7, 11) is 0. The van der Waals surface area contributed by atoms with Crippen LogP contribution in [0.2, 0.25) is 0 Å². The maximum atomic E-state index is 12.6. The van der Waals surface area contributed by atoms with Crippen molar-refractivity contribution in [2.45, 2.75) is 33.4 Å². The molecule has 0 bridgehead atoms. The van der Waals surface area contributed by atoms with Gasteiger partial charge in [-0.3, -0.25) is 14.6 Å². The van der Waals surface area contributed by atoms with E-state index < -0.39 is 0 Å². The van der Waals surface area contributed by atoms with Gasteiger partial charge in [0.15, 0.2) is 0 Å². The van der Waals surface area contributed by atoms with Crippen LogP contribution in [-0.2, 0) is 11.3 Å². The summed E-state index contributed by atoms with van der Waals surface area (Å²) in [4.78, 5) is 17.4. The zero-order valence-corrected chi connectivity index (χ0v) is 17.1. The second-order valence-electron chi connectivity index (χ2n) is 7.36. The summed E-state index contributed by atoms with van der Waals surface area (Å²) in [6, 6.07) is 15.9. The average Bonchev–Trinajstić information content (AvgIpc) is 2.71. The Morgan fingerprint density at radius 3 is 2.39 bits per heavy atom. The molecule has 1 heterocycles. The van der Waals surface area contributed by atoms with Gasteiger partial charge in [0, 0.05) is 38.4 Å². The molecule has 0 radical (unpaired) electrons. The Morgan fingerprint density at radius 2 is 1.75 bits per heavy atom. The predicted octanol–water partition coefficient (Wildman–Crippen LogP) is 3.54. The van der Waals surface area contributed by atoms with E-state index in [2.05, 4.69) is 46.3 Å². The van der Waals surface area contributed by atoms with Crippen molar-refractivity contribution in [2.75, 3.05) is 38.1 Å². The van der Waals surface area contributed by atoms with Crippen molar-refractivity contribution in [1.29, 1.82) is 0 Å². The molecule has 0 aliphatic carbocycles. The van der Waals surface area contributed by atoms with E-state index in [1.54, 1.807) is 0 Å². The van der Waals surface area contributed by atoms with Gasteiger partial charge >= 0.3 is 0 Å². The number of benzene rings is 2. The van der Waals surface area contributed by atoms with Gasteiger partial charge in [0.25, 0.3) is 0 Å². The van der Waals surface area contributed by atoms with Crippen LogP contribution in [0.5, 0.6) is 5.75 Å². The minimum atomic E-state index is -0.146.